The predicted octanol–water partition coefficient (Wildman–Crippen LogP) is 2.61. The summed E-state index contributed by atoms with van der Waals surface area (Å²) in [5.41, 5.74) is 4.09. The first kappa shape index (κ1) is 16.5. The van der Waals surface area contributed by atoms with Crippen molar-refractivity contribution in [3.63, 3.8) is 0 Å². The van der Waals surface area contributed by atoms with E-state index in [2.05, 4.69) is 5.32 Å². The molecule has 0 fully saturated rings. The van der Waals surface area contributed by atoms with Crippen molar-refractivity contribution in [3.8, 4) is 0 Å². The Morgan fingerprint density at radius 3 is 2.25 bits per heavy atom. The number of alkyl halides is 3. The molecule has 0 aliphatic carbocycles. The number of benzene rings is 1. The van der Waals surface area contributed by atoms with E-state index in [0.717, 1.165) is 19.4 Å². The maximum Gasteiger partial charge on any atom is 0.394 e. The molecule has 0 heterocycles. The largest absolute Gasteiger partial charge is 0.394 e. The van der Waals surface area contributed by atoms with Crippen LogP contribution in [0.2, 0.25) is 0 Å². The summed E-state index contributed by atoms with van der Waals surface area (Å²) in [5, 5.41) is 2.79. The molecule has 6 heteroatoms. The van der Waals surface area contributed by atoms with Crippen LogP contribution in [0.1, 0.15) is 25.8 Å². The minimum absolute atomic E-state index is 0.294. The van der Waals surface area contributed by atoms with Crippen LogP contribution < -0.4 is 11.1 Å². The lowest BCUT2D eigenvalue weighted by atomic mass is 9.84. The monoisotopic (exact) mass is 288 g/mol. The molecule has 0 bridgehead atoms. The average molecular weight is 288 g/mol. The molecule has 0 saturated carbocycles. The van der Waals surface area contributed by atoms with E-state index in [9.17, 15) is 18.0 Å². The number of carbonyl (C=O) groups excluding carboxylic acids is 1. The molecule has 0 aliphatic rings. The molecular formula is C14H19F3N2O. The molecule has 1 amide bonds. The molecule has 0 aromatic heterocycles. The second-order valence-corrected chi connectivity index (χ2v) is 5.41. The van der Waals surface area contributed by atoms with Crippen molar-refractivity contribution in [2.75, 3.05) is 0 Å². The standard InChI is InChI=1S/C14H19F3N2O/c1-13(2,14(15,16)17)8-11(12(18)20)19-9-10-6-4-3-5-7-10/h3-7,11,19H,8-9H2,1-2H3,(H2,18,20). The summed E-state index contributed by atoms with van der Waals surface area (Å²) in [6.45, 7) is 2.42. The Labute approximate surface area is 116 Å². The highest BCUT2D eigenvalue weighted by molar-refractivity contribution is 5.79. The van der Waals surface area contributed by atoms with Gasteiger partial charge in [-0.3, -0.25) is 4.79 Å². The lowest BCUT2D eigenvalue weighted by Crippen LogP contribution is -2.47. The number of hydrogen-bond acceptors (Lipinski definition) is 2. The molecule has 112 valence electrons. The lowest BCUT2D eigenvalue weighted by molar-refractivity contribution is -0.215. The number of halogens is 3. The smallest absolute Gasteiger partial charge is 0.368 e. The fraction of sp³-hybridized carbons (Fsp3) is 0.500. The van der Waals surface area contributed by atoms with Crippen LogP contribution in [0, 0.1) is 5.41 Å². The molecule has 20 heavy (non-hydrogen) atoms. The van der Waals surface area contributed by atoms with E-state index in [1.165, 1.54) is 0 Å². The fourth-order valence-corrected chi connectivity index (χ4v) is 1.74. The van der Waals surface area contributed by atoms with Crippen molar-refractivity contribution in [2.24, 2.45) is 11.1 Å². The molecule has 0 aliphatic heterocycles. The van der Waals surface area contributed by atoms with Crippen LogP contribution in [0.3, 0.4) is 0 Å². The van der Waals surface area contributed by atoms with Gasteiger partial charge >= 0.3 is 6.18 Å². The SMILES string of the molecule is CC(C)(CC(NCc1ccccc1)C(N)=O)C(F)(F)F. The van der Waals surface area contributed by atoms with E-state index >= 15 is 0 Å². The molecule has 3 N–H and O–H groups in total. The van der Waals surface area contributed by atoms with Crippen molar-refractivity contribution in [1.82, 2.24) is 5.32 Å². The van der Waals surface area contributed by atoms with Crippen LogP contribution in [0.4, 0.5) is 13.2 Å². The van der Waals surface area contributed by atoms with Gasteiger partial charge in [-0.25, -0.2) is 0 Å². The third kappa shape index (κ3) is 4.52. The van der Waals surface area contributed by atoms with E-state index in [1.54, 1.807) is 0 Å². The van der Waals surface area contributed by atoms with Gasteiger partial charge in [-0.05, 0) is 12.0 Å². The maximum atomic E-state index is 12.8. The van der Waals surface area contributed by atoms with Crippen LogP contribution in [-0.2, 0) is 11.3 Å². The Morgan fingerprint density at radius 1 is 1.25 bits per heavy atom. The fourth-order valence-electron chi connectivity index (χ4n) is 1.74. The summed E-state index contributed by atoms with van der Waals surface area (Å²) in [6, 6.07) is 8.08. The Hall–Kier alpha value is -1.56. The zero-order chi connectivity index (χ0) is 15.4. The van der Waals surface area contributed by atoms with Gasteiger partial charge in [0.25, 0.3) is 0 Å². The van der Waals surface area contributed by atoms with Gasteiger partial charge in [-0.2, -0.15) is 13.2 Å². The van der Waals surface area contributed by atoms with Gasteiger partial charge in [0.05, 0.1) is 11.5 Å². The molecule has 1 aromatic rings. The summed E-state index contributed by atoms with van der Waals surface area (Å²) in [5.74, 6) is -0.779. The topological polar surface area (TPSA) is 55.1 Å². The summed E-state index contributed by atoms with van der Waals surface area (Å²) in [4.78, 5) is 11.3. The molecular weight excluding hydrogens is 269 g/mol. The Balaban J connectivity index is 2.69. The van der Waals surface area contributed by atoms with Crippen molar-refractivity contribution >= 4 is 5.91 Å². The van der Waals surface area contributed by atoms with E-state index in [1.807, 2.05) is 30.3 Å². The maximum absolute atomic E-state index is 12.8. The Kier molecular flexibility index (Phi) is 5.16. The van der Waals surface area contributed by atoms with Gasteiger partial charge in [-0.15, -0.1) is 0 Å². The van der Waals surface area contributed by atoms with Crippen molar-refractivity contribution < 1.29 is 18.0 Å². The lowest BCUT2D eigenvalue weighted by Gasteiger charge is -2.31. The van der Waals surface area contributed by atoms with Crippen LogP contribution in [0.25, 0.3) is 0 Å². The Morgan fingerprint density at radius 2 is 1.80 bits per heavy atom. The van der Waals surface area contributed by atoms with Crippen LogP contribution in [-0.4, -0.2) is 18.1 Å². The molecule has 1 atom stereocenters. The van der Waals surface area contributed by atoms with Gasteiger partial charge < -0.3 is 11.1 Å². The minimum Gasteiger partial charge on any atom is -0.368 e. The quantitative estimate of drug-likeness (QED) is 0.845. The normalized spacial score (nSPS) is 14.1. The first-order chi connectivity index (χ1) is 9.13. The number of nitrogens with one attached hydrogen (secondary N) is 1. The zero-order valence-corrected chi connectivity index (χ0v) is 11.5. The number of hydrogen-bond donors (Lipinski definition) is 2. The van der Waals surface area contributed by atoms with E-state index < -0.39 is 30.0 Å². The average Bonchev–Trinajstić information content (AvgIpc) is 2.34. The highest BCUT2D eigenvalue weighted by Crippen LogP contribution is 2.41. The van der Waals surface area contributed by atoms with Crippen LogP contribution in [0.15, 0.2) is 30.3 Å². The van der Waals surface area contributed by atoms with Gasteiger partial charge in [-0.1, -0.05) is 44.2 Å². The first-order valence-corrected chi connectivity index (χ1v) is 6.27. The second kappa shape index (κ2) is 6.26. The van der Waals surface area contributed by atoms with Crippen LogP contribution >= 0.6 is 0 Å². The van der Waals surface area contributed by atoms with E-state index in [-0.39, 0.29) is 0 Å². The van der Waals surface area contributed by atoms with E-state index in [4.69, 9.17) is 5.73 Å². The zero-order valence-electron chi connectivity index (χ0n) is 11.5. The van der Waals surface area contributed by atoms with Crippen LogP contribution in [0.5, 0.6) is 0 Å². The molecule has 0 spiro atoms. The summed E-state index contributed by atoms with van der Waals surface area (Å²) in [6.07, 6.45) is -4.77. The summed E-state index contributed by atoms with van der Waals surface area (Å²) in [7, 11) is 0. The van der Waals surface area contributed by atoms with Crippen molar-refractivity contribution in [2.45, 2.75) is 39.0 Å². The van der Waals surface area contributed by atoms with Gasteiger partial charge in [0, 0.05) is 6.54 Å². The van der Waals surface area contributed by atoms with Crippen molar-refractivity contribution in [3.05, 3.63) is 35.9 Å². The van der Waals surface area contributed by atoms with Gasteiger partial charge in [0.2, 0.25) is 5.91 Å². The molecule has 1 unspecified atom stereocenters. The first-order valence-electron chi connectivity index (χ1n) is 6.27. The number of carbonyl (C=O) groups is 1. The number of amides is 1. The number of nitrogens with two attached hydrogens (primary N) is 1. The van der Waals surface area contributed by atoms with Crippen molar-refractivity contribution in [1.29, 1.82) is 0 Å². The molecule has 0 radical (unpaired) electrons. The minimum atomic E-state index is -4.38. The van der Waals surface area contributed by atoms with Gasteiger partial charge in [0.15, 0.2) is 0 Å². The number of rotatable bonds is 6. The second-order valence-electron chi connectivity index (χ2n) is 5.41. The Bertz CT molecular complexity index is 443. The highest BCUT2D eigenvalue weighted by atomic mass is 19.4. The van der Waals surface area contributed by atoms with Gasteiger partial charge in [0.1, 0.15) is 0 Å². The predicted molar refractivity (Wildman–Crippen MR) is 70.7 cm³/mol. The third-order valence-electron chi connectivity index (χ3n) is 3.22. The third-order valence-corrected chi connectivity index (χ3v) is 3.22. The highest BCUT2D eigenvalue weighted by Gasteiger charge is 2.48. The van der Waals surface area contributed by atoms with E-state index in [0.29, 0.717) is 6.54 Å². The summed E-state index contributed by atoms with van der Waals surface area (Å²) < 4.78 is 38.5. The molecule has 1 rings (SSSR count). The molecule has 1 aromatic carbocycles. The molecule has 3 nitrogen and oxygen atoms in total. The summed E-state index contributed by atoms with van der Waals surface area (Å²) >= 11 is 0. The number of primary amides is 1. The molecule has 0 saturated heterocycles.